The first kappa shape index (κ1) is 17.5. The number of benzene rings is 1. The highest BCUT2D eigenvalue weighted by molar-refractivity contribution is 6.33. The van der Waals surface area contributed by atoms with Crippen LogP contribution in [0.5, 0.6) is 0 Å². The SMILES string of the molecule is CC(C)(O)Cn1cc(-c2ccc(-c3nc4[nH]c(=O)[nH]c4cc3Cl)cc2)cn1. The van der Waals surface area contributed by atoms with Gasteiger partial charge in [-0.15, -0.1) is 0 Å². The summed E-state index contributed by atoms with van der Waals surface area (Å²) in [6.45, 7) is 3.91. The first-order valence-electron chi connectivity index (χ1n) is 8.43. The van der Waals surface area contributed by atoms with Crippen LogP contribution >= 0.6 is 11.6 Å². The van der Waals surface area contributed by atoms with Crippen LogP contribution in [0.1, 0.15) is 13.8 Å². The summed E-state index contributed by atoms with van der Waals surface area (Å²) in [5.41, 5.74) is 3.29. The molecular weight excluding hydrogens is 366 g/mol. The average Bonchev–Trinajstić information content (AvgIpc) is 3.18. The minimum Gasteiger partial charge on any atom is -0.389 e. The van der Waals surface area contributed by atoms with Gasteiger partial charge in [-0.25, -0.2) is 9.78 Å². The second kappa shape index (κ2) is 6.37. The molecule has 27 heavy (non-hydrogen) atoms. The molecule has 0 unspecified atom stereocenters. The summed E-state index contributed by atoms with van der Waals surface area (Å²) in [5, 5.41) is 14.7. The molecule has 0 saturated heterocycles. The van der Waals surface area contributed by atoms with Crippen molar-refractivity contribution >= 4 is 22.8 Å². The van der Waals surface area contributed by atoms with Gasteiger partial charge < -0.3 is 10.1 Å². The molecule has 138 valence electrons. The molecule has 0 amide bonds. The van der Waals surface area contributed by atoms with Gasteiger partial charge >= 0.3 is 5.69 Å². The summed E-state index contributed by atoms with van der Waals surface area (Å²) in [6, 6.07) is 9.46. The maximum Gasteiger partial charge on any atom is 0.325 e. The summed E-state index contributed by atoms with van der Waals surface area (Å²) < 4.78 is 1.72. The third-order valence-corrected chi connectivity index (χ3v) is 4.42. The van der Waals surface area contributed by atoms with Gasteiger partial charge in [-0.05, 0) is 25.5 Å². The molecular formula is C19H18ClN5O2. The summed E-state index contributed by atoms with van der Waals surface area (Å²) in [5.74, 6) is 0. The van der Waals surface area contributed by atoms with Crippen LogP contribution in [0.2, 0.25) is 5.02 Å². The van der Waals surface area contributed by atoms with E-state index in [9.17, 15) is 9.90 Å². The molecule has 0 aliphatic carbocycles. The number of pyridine rings is 1. The van der Waals surface area contributed by atoms with Crippen LogP contribution in [-0.4, -0.2) is 35.4 Å². The second-order valence-electron chi connectivity index (χ2n) is 7.11. The van der Waals surface area contributed by atoms with E-state index in [-0.39, 0.29) is 5.69 Å². The molecule has 0 saturated carbocycles. The van der Waals surface area contributed by atoms with Crippen LogP contribution in [0.3, 0.4) is 0 Å². The molecule has 3 heterocycles. The Morgan fingerprint density at radius 1 is 1.15 bits per heavy atom. The molecule has 4 rings (SSSR count). The fourth-order valence-electron chi connectivity index (χ4n) is 2.96. The summed E-state index contributed by atoms with van der Waals surface area (Å²) in [7, 11) is 0. The highest BCUT2D eigenvalue weighted by Gasteiger charge is 2.15. The van der Waals surface area contributed by atoms with Gasteiger partial charge in [-0.1, -0.05) is 35.9 Å². The summed E-state index contributed by atoms with van der Waals surface area (Å²) >= 11 is 6.33. The minimum atomic E-state index is -0.826. The van der Waals surface area contributed by atoms with Crippen molar-refractivity contribution in [2.75, 3.05) is 0 Å². The first-order valence-corrected chi connectivity index (χ1v) is 8.80. The largest absolute Gasteiger partial charge is 0.389 e. The molecule has 7 nitrogen and oxygen atoms in total. The summed E-state index contributed by atoms with van der Waals surface area (Å²) in [6.07, 6.45) is 3.66. The van der Waals surface area contributed by atoms with Gasteiger partial charge in [0.15, 0.2) is 5.65 Å². The van der Waals surface area contributed by atoms with Gasteiger partial charge in [0.25, 0.3) is 0 Å². The lowest BCUT2D eigenvalue weighted by Gasteiger charge is -2.16. The van der Waals surface area contributed by atoms with Gasteiger partial charge in [-0.3, -0.25) is 9.67 Å². The number of fused-ring (bicyclic) bond motifs is 1. The van der Waals surface area contributed by atoms with E-state index < -0.39 is 5.60 Å². The topological polar surface area (TPSA) is 99.6 Å². The van der Waals surface area contributed by atoms with Crippen LogP contribution in [-0.2, 0) is 6.54 Å². The number of aromatic nitrogens is 5. The number of aliphatic hydroxyl groups is 1. The van der Waals surface area contributed by atoms with E-state index >= 15 is 0 Å². The van der Waals surface area contributed by atoms with Crippen LogP contribution in [0.25, 0.3) is 33.5 Å². The molecule has 3 N–H and O–H groups in total. The number of rotatable bonds is 4. The number of hydrogen-bond acceptors (Lipinski definition) is 4. The molecule has 1 aromatic carbocycles. The molecule has 0 spiro atoms. The van der Waals surface area contributed by atoms with Crippen LogP contribution in [0.15, 0.2) is 47.5 Å². The van der Waals surface area contributed by atoms with Gasteiger partial charge in [0.1, 0.15) is 0 Å². The molecule has 0 aliphatic heterocycles. The Kier molecular flexibility index (Phi) is 4.13. The summed E-state index contributed by atoms with van der Waals surface area (Å²) in [4.78, 5) is 21.2. The number of nitrogens with one attached hydrogen (secondary N) is 2. The van der Waals surface area contributed by atoms with E-state index in [0.717, 1.165) is 16.7 Å². The van der Waals surface area contributed by atoms with Crippen molar-refractivity contribution in [2.45, 2.75) is 26.0 Å². The number of imidazole rings is 1. The smallest absolute Gasteiger partial charge is 0.325 e. The molecule has 0 aliphatic rings. The Hall–Kier alpha value is -2.90. The Morgan fingerprint density at radius 3 is 2.56 bits per heavy atom. The maximum atomic E-state index is 11.4. The van der Waals surface area contributed by atoms with Crippen molar-refractivity contribution in [2.24, 2.45) is 0 Å². The number of aromatic amines is 2. The minimum absolute atomic E-state index is 0.316. The number of nitrogens with zero attached hydrogens (tertiary/aromatic N) is 3. The van der Waals surface area contributed by atoms with Crippen molar-refractivity contribution in [1.82, 2.24) is 24.7 Å². The molecule has 4 aromatic rings. The predicted octanol–water partition coefficient (Wildman–Crippen LogP) is 3.21. The lowest BCUT2D eigenvalue weighted by Crippen LogP contribution is -2.26. The number of H-pyrrole nitrogens is 2. The molecule has 8 heteroatoms. The first-order chi connectivity index (χ1) is 12.8. The lowest BCUT2D eigenvalue weighted by molar-refractivity contribution is 0.0577. The third kappa shape index (κ3) is 3.65. The van der Waals surface area contributed by atoms with Crippen molar-refractivity contribution in [3.05, 3.63) is 58.2 Å². The van der Waals surface area contributed by atoms with E-state index in [0.29, 0.717) is 28.4 Å². The van der Waals surface area contributed by atoms with E-state index in [1.54, 1.807) is 30.8 Å². The zero-order valence-electron chi connectivity index (χ0n) is 14.8. The van der Waals surface area contributed by atoms with Gasteiger partial charge in [0.2, 0.25) is 0 Å². The Labute approximate surface area is 159 Å². The van der Waals surface area contributed by atoms with E-state index in [4.69, 9.17) is 11.6 Å². The highest BCUT2D eigenvalue weighted by atomic mass is 35.5. The highest BCUT2D eigenvalue weighted by Crippen LogP contribution is 2.30. The fraction of sp³-hybridized carbons (Fsp3) is 0.211. The molecule has 0 fully saturated rings. The molecule has 0 atom stereocenters. The van der Waals surface area contributed by atoms with Crippen molar-refractivity contribution < 1.29 is 5.11 Å². The van der Waals surface area contributed by atoms with E-state index in [2.05, 4.69) is 20.1 Å². The zero-order chi connectivity index (χ0) is 19.2. The Balaban J connectivity index is 1.64. The maximum absolute atomic E-state index is 11.4. The van der Waals surface area contributed by atoms with Crippen LogP contribution in [0, 0.1) is 0 Å². The standard InChI is InChI=1S/C19H18ClN5O2/c1-19(2,27)10-25-9-13(8-21-25)11-3-5-12(6-4-11)16-14(20)7-15-17(23-16)24-18(26)22-15/h3-9,27H,10H2,1-2H3,(H2,22,23,24,26). The van der Waals surface area contributed by atoms with E-state index in [1.807, 2.05) is 30.5 Å². The van der Waals surface area contributed by atoms with E-state index in [1.165, 1.54) is 0 Å². The zero-order valence-corrected chi connectivity index (χ0v) is 15.6. The Bertz CT molecular complexity index is 1170. The lowest BCUT2D eigenvalue weighted by atomic mass is 10.0. The second-order valence-corrected chi connectivity index (χ2v) is 7.52. The number of halogens is 1. The van der Waals surface area contributed by atoms with Crippen molar-refractivity contribution in [3.63, 3.8) is 0 Å². The van der Waals surface area contributed by atoms with Crippen LogP contribution in [0.4, 0.5) is 0 Å². The van der Waals surface area contributed by atoms with Gasteiger partial charge in [-0.2, -0.15) is 5.10 Å². The van der Waals surface area contributed by atoms with Crippen LogP contribution < -0.4 is 5.69 Å². The molecule has 0 bridgehead atoms. The predicted molar refractivity (Wildman–Crippen MR) is 105 cm³/mol. The average molecular weight is 384 g/mol. The van der Waals surface area contributed by atoms with Crippen molar-refractivity contribution in [1.29, 1.82) is 0 Å². The quantitative estimate of drug-likeness (QED) is 0.503. The Morgan fingerprint density at radius 2 is 1.85 bits per heavy atom. The van der Waals surface area contributed by atoms with Crippen molar-refractivity contribution in [3.8, 4) is 22.4 Å². The number of hydrogen-bond donors (Lipinski definition) is 3. The van der Waals surface area contributed by atoms with Gasteiger partial charge in [0, 0.05) is 17.3 Å². The molecule has 3 aromatic heterocycles. The normalized spacial score (nSPS) is 12.0. The molecule has 0 radical (unpaired) electrons. The fourth-order valence-corrected chi connectivity index (χ4v) is 3.22. The third-order valence-electron chi connectivity index (χ3n) is 4.13. The van der Waals surface area contributed by atoms with Gasteiger partial charge in [0.05, 0.1) is 34.6 Å². The monoisotopic (exact) mass is 383 g/mol.